The molecule has 4 atom stereocenters. The van der Waals surface area contributed by atoms with Gasteiger partial charge in [0.2, 0.25) is 0 Å². The molecule has 4 unspecified atom stereocenters. The molecule has 0 aromatic carbocycles. The van der Waals surface area contributed by atoms with Crippen molar-refractivity contribution in [2.45, 2.75) is 238 Å². The van der Waals surface area contributed by atoms with Gasteiger partial charge in [0, 0.05) is 19.3 Å². The molecule has 0 radical (unpaired) electrons. The average Bonchev–Trinajstić information content (AvgIpc) is 3.10. The molecule has 0 aliphatic carbocycles. The van der Waals surface area contributed by atoms with Crippen LogP contribution >= 0.6 is 0 Å². The zero-order valence-electron chi connectivity index (χ0n) is 32.7. The van der Waals surface area contributed by atoms with Crippen LogP contribution < -0.4 is 0 Å². The number of hydrogen-bond acceptors (Lipinski definition) is 8. The standard InChI is InChI=1S/C42H78O8/c1-4-7-10-13-16-19-22-25-28-31-38(44)48-35-37-42(50-40(46)33-30-27-24-21-18-15-12-9-6-3)41(36(43)34-47-37)49-39(45)32-29-26-23-20-17-14-11-8-5-2/h36-37,41-43H,4-35H2,1-3H3. The monoisotopic (exact) mass is 711 g/mol. The fourth-order valence-corrected chi connectivity index (χ4v) is 6.68. The first-order valence-electron chi connectivity index (χ1n) is 21.3. The van der Waals surface area contributed by atoms with Crippen LogP contribution in [0, 0.1) is 0 Å². The summed E-state index contributed by atoms with van der Waals surface area (Å²) in [6.45, 7) is 6.45. The molecule has 0 bridgehead atoms. The summed E-state index contributed by atoms with van der Waals surface area (Å²) < 4.78 is 23.0. The number of hydrogen-bond donors (Lipinski definition) is 1. The highest BCUT2D eigenvalue weighted by atomic mass is 16.6. The molecule has 0 aromatic rings. The summed E-state index contributed by atoms with van der Waals surface area (Å²) in [5, 5.41) is 10.8. The van der Waals surface area contributed by atoms with Gasteiger partial charge in [-0.2, -0.15) is 0 Å². The molecule has 0 spiro atoms. The number of carbonyl (C=O) groups is 3. The Labute approximate surface area is 306 Å². The minimum absolute atomic E-state index is 0.0945. The Bertz CT molecular complexity index is 818. The molecule has 0 aromatic heterocycles. The summed E-state index contributed by atoms with van der Waals surface area (Å²) in [6.07, 6.45) is 27.7. The highest BCUT2D eigenvalue weighted by Crippen LogP contribution is 2.25. The highest BCUT2D eigenvalue weighted by molar-refractivity contribution is 5.71. The van der Waals surface area contributed by atoms with E-state index in [1.54, 1.807) is 0 Å². The molecule has 1 aliphatic rings. The maximum absolute atomic E-state index is 13.0. The molecular weight excluding hydrogens is 632 g/mol. The lowest BCUT2D eigenvalue weighted by Crippen LogP contribution is -2.57. The third-order valence-electron chi connectivity index (χ3n) is 9.95. The Hall–Kier alpha value is -1.67. The van der Waals surface area contributed by atoms with Crippen LogP contribution in [-0.2, 0) is 33.3 Å². The van der Waals surface area contributed by atoms with E-state index in [1.165, 1.54) is 116 Å². The molecule has 1 N–H and O–H groups in total. The molecule has 0 saturated carbocycles. The molecule has 0 amide bonds. The molecule has 1 fully saturated rings. The lowest BCUT2D eigenvalue weighted by molar-refractivity contribution is -0.227. The lowest BCUT2D eigenvalue weighted by atomic mass is 9.99. The van der Waals surface area contributed by atoms with Crippen LogP contribution in [0.2, 0.25) is 0 Å². The van der Waals surface area contributed by atoms with Crippen LogP contribution in [-0.4, -0.2) is 60.6 Å². The molecule has 294 valence electrons. The minimum atomic E-state index is -1.14. The van der Waals surface area contributed by atoms with E-state index in [2.05, 4.69) is 20.8 Å². The van der Waals surface area contributed by atoms with Crippen molar-refractivity contribution in [3.8, 4) is 0 Å². The van der Waals surface area contributed by atoms with E-state index in [0.29, 0.717) is 12.8 Å². The first-order valence-corrected chi connectivity index (χ1v) is 21.3. The van der Waals surface area contributed by atoms with Gasteiger partial charge in [-0.1, -0.05) is 175 Å². The fraction of sp³-hybridized carbons (Fsp3) is 0.929. The molecule has 8 nitrogen and oxygen atoms in total. The predicted molar refractivity (Wildman–Crippen MR) is 202 cm³/mol. The van der Waals surface area contributed by atoms with Gasteiger partial charge in [-0.15, -0.1) is 0 Å². The predicted octanol–water partition coefficient (Wildman–Crippen LogP) is 10.9. The third kappa shape index (κ3) is 25.3. The van der Waals surface area contributed by atoms with Gasteiger partial charge in [0.1, 0.15) is 18.8 Å². The lowest BCUT2D eigenvalue weighted by Gasteiger charge is -2.39. The Morgan fingerprint density at radius 1 is 0.480 bits per heavy atom. The number of rotatable bonds is 34. The van der Waals surface area contributed by atoms with Crippen LogP contribution in [0.25, 0.3) is 0 Å². The number of ether oxygens (including phenoxy) is 4. The van der Waals surface area contributed by atoms with Gasteiger partial charge in [-0.05, 0) is 19.3 Å². The first-order chi connectivity index (χ1) is 24.4. The SMILES string of the molecule is CCCCCCCCCCCC(=O)OCC1OCC(O)C(OC(=O)CCCCCCCCCCC)C1OC(=O)CCCCCCCCCCC. The third-order valence-corrected chi connectivity index (χ3v) is 9.95. The van der Waals surface area contributed by atoms with Crippen molar-refractivity contribution in [2.24, 2.45) is 0 Å². The van der Waals surface area contributed by atoms with E-state index in [-0.39, 0.29) is 32.0 Å². The maximum atomic E-state index is 13.0. The normalized spacial score (nSPS) is 19.0. The maximum Gasteiger partial charge on any atom is 0.306 e. The summed E-state index contributed by atoms with van der Waals surface area (Å²) in [5.41, 5.74) is 0. The molecule has 1 heterocycles. The van der Waals surface area contributed by atoms with E-state index >= 15 is 0 Å². The van der Waals surface area contributed by atoms with Crippen molar-refractivity contribution in [3.05, 3.63) is 0 Å². The average molecular weight is 711 g/mol. The van der Waals surface area contributed by atoms with Gasteiger partial charge >= 0.3 is 17.9 Å². The van der Waals surface area contributed by atoms with E-state index in [1.807, 2.05) is 0 Å². The summed E-state index contributed by atoms with van der Waals surface area (Å²) >= 11 is 0. The fourth-order valence-electron chi connectivity index (χ4n) is 6.68. The van der Waals surface area contributed by atoms with Gasteiger partial charge < -0.3 is 24.1 Å². The zero-order valence-corrected chi connectivity index (χ0v) is 32.7. The summed E-state index contributed by atoms with van der Waals surface area (Å²) in [4.78, 5) is 38.5. The number of carbonyl (C=O) groups excluding carboxylic acids is 3. The highest BCUT2D eigenvalue weighted by Gasteiger charge is 2.45. The van der Waals surface area contributed by atoms with Crippen LogP contribution in [0.5, 0.6) is 0 Å². The largest absolute Gasteiger partial charge is 0.463 e. The summed E-state index contributed by atoms with van der Waals surface area (Å²) in [7, 11) is 0. The van der Waals surface area contributed by atoms with Crippen LogP contribution in [0.15, 0.2) is 0 Å². The summed E-state index contributed by atoms with van der Waals surface area (Å²) in [6, 6.07) is 0. The van der Waals surface area contributed by atoms with Crippen molar-refractivity contribution >= 4 is 17.9 Å². The molecule has 50 heavy (non-hydrogen) atoms. The van der Waals surface area contributed by atoms with Crippen molar-refractivity contribution in [1.82, 2.24) is 0 Å². The van der Waals surface area contributed by atoms with Crippen LogP contribution in [0.1, 0.15) is 213 Å². The van der Waals surface area contributed by atoms with Gasteiger partial charge in [0.05, 0.1) is 6.61 Å². The van der Waals surface area contributed by atoms with Crippen molar-refractivity contribution in [3.63, 3.8) is 0 Å². The van der Waals surface area contributed by atoms with E-state index in [4.69, 9.17) is 18.9 Å². The topological polar surface area (TPSA) is 108 Å². The second kappa shape index (κ2) is 33.2. The second-order valence-electron chi connectivity index (χ2n) is 14.8. The number of aliphatic hydroxyl groups excluding tert-OH is 1. The van der Waals surface area contributed by atoms with Crippen molar-refractivity contribution in [2.75, 3.05) is 13.2 Å². The van der Waals surface area contributed by atoms with E-state index in [9.17, 15) is 19.5 Å². The van der Waals surface area contributed by atoms with Crippen molar-refractivity contribution < 1.29 is 38.4 Å². The minimum Gasteiger partial charge on any atom is -0.463 e. The van der Waals surface area contributed by atoms with Crippen LogP contribution in [0.3, 0.4) is 0 Å². The van der Waals surface area contributed by atoms with Gasteiger partial charge in [-0.25, -0.2) is 0 Å². The molecule has 1 rings (SSSR count). The molecule has 8 heteroatoms. The number of unbranched alkanes of at least 4 members (excludes halogenated alkanes) is 24. The zero-order chi connectivity index (χ0) is 36.5. The Kier molecular flexibility index (Phi) is 30.8. The Morgan fingerprint density at radius 3 is 1.18 bits per heavy atom. The summed E-state index contributed by atoms with van der Waals surface area (Å²) in [5.74, 6) is -1.15. The Balaban J connectivity index is 2.59. The Morgan fingerprint density at radius 2 is 0.800 bits per heavy atom. The smallest absolute Gasteiger partial charge is 0.306 e. The first kappa shape index (κ1) is 46.4. The van der Waals surface area contributed by atoms with Gasteiger partial charge in [0.25, 0.3) is 0 Å². The quantitative estimate of drug-likeness (QED) is 0.0399. The molecule has 1 saturated heterocycles. The van der Waals surface area contributed by atoms with E-state index in [0.717, 1.165) is 51.4 Å². The number of aliphatic hydroxyl groups is 1. The van der Waals surface area contributed by atoms with E-state index < -0.39 is 36.4 Å². The molecular formula is C42H78O8. The van der Waals surface area contributed by atoms with Gasteiger partial charge in [-0.3, -0.25) is 14.4 Å². The van der Waals surface area contributed by atoms with Crippen LogP contribution in [0.4, 0.5) is 0 Å². The van der Waals surface area contributed by atoms with Gasteiger partial charge in [0.15, 0.2) is 12.2 Å². The number of esters is 3. The second-order valence-corrected chi connectivity index (χ2v) is 14.8. The van der Waals surface area contributed by atoms with Crippen molar-refractivity contribution in [1.29, 1.82) is 0 Å². The molecule has 1 aliphatic heterocycles.